The molecule has 1 aromatic rings. The topological polar surface area (TPSA) is 101 Å². The molecular formula is C9H15N3O4S. The lowest BCUT2D eigenvalue weighted by Crippen LogP contribution is -2.45. The van der Waals surface area contributed by atoms with E-state index in [1.54, 1.807) is 13.8 Å². The molecule has 7 nitrogen and oxygen atoms in total. The van der Waals surface area contributed by atoms with Crippen molar-refractivity contribution >= 4 is 16.0 Å². The highest BCUT2D eigenvalue weighted by Gasteiger charge is 2.29. The second-order valence-electron chi connectivity index (χ2n) is 3.79. The van der Waals surface area contributed by atoms with Gasteiger partial charge in [-0.15, -0.1) is 0 Å². The predicted molar refractivity (Wildman–Crippen MR) is 59.6 cm³/mol. The Morgan fingerprint density at radius 1 is 1.53 bits per heavy atom. The molecule has 96 valence electrons. The summed E-state index contributed by atoms with van der Waals surface area (Å²) < 4.78 is 30.5. The second-order valence-corrected chi connectivity index (χ2v) is 5.47. The van der Waals surface area contributed by atoms with Gasteiger partial charge >= 0.3 is 5.97 Å². The van der Waals surface area contributed by atoms with Crippen LogP contribution in [0.15, 0.2) is 17.3 Å². The quantitative estimate of drug-likeness (QED) is 0.720. The van der Waals surface area contributed by atoms with Crippen LogP contribution in [0.2, 0.25) is 0 Å². The average Bonchev–Trinajstić information content (AvgIpc) is 2.78. The summed E-state index contributed by atoms with van der Waals surface area (Å²) in [5, 5.41) is 5.78. The van der Waals surface area contributed by atoms with Gasteiger partial charge in [0.25, 0.3) is 10.0 Å². The fourth-order valence-corrected chi connectivity index (χ4v) is 2.45. The van der Waals surface area contributed by atoms with E-state index in [0.717, 1.165) is 0 Å². The number of carbonyl (C=O) groups is 1. The Morgan fingerprint density at radius 3 is 2.59 bits per heavy atom. The van der Waals surface area contributed by atoms with Crippen LogP contribution in [-0.2, 0) is 19.6 Å². The maximum atomic E-state index is 11.8. The Bertz CT molecular complexity index is 466. The molecule has 0 saturated carbocycles. The van der Waals surface area contributed by atoms with E-state index in [1.165, 1.54) is 19.4 Å². The molecule has 1 unspecified atom stereocenters. The van der Waals surface area contributed by atoms with Crippen LogP contribution in [0.3, 0.4) is 0 Å². The fourth-order valence-electron chi connectivity index (χ4n) is 1.21. The highest BCUT2D eigenvalue weighted by molar-refractivity contribution is 7.89. The fraction of sp³-hybridized carbons (Fsp3) is 0.556. The number of nitrogens with one attached hydrogen (secondary N) is 2. The Morgan fingerprint density at radius 2 is 2.18 bits per heavy atom. The van der Waals surface area contributed by atoms with Crippen molar-refractivity contribution in [3.8, 4) is 0 Å². The van der Waals surface area contributed by atoms with Crippen LogP contribution >= 0.6 is 0 Å². The van der Waals surface area contributed by atoms with Crippen molar-refractivity contribution in [1.82, 2.24) is 14.9 Å². The normalized spacial score (nSPS) is 13.6. The summed E-state index contributed by atoms with van der Waals surface area (Å²) in [7, 11) is -2.57. The lowest BCUT2D eigenvalue weighted by Gasteiger charge is -2.18. The van der Waals surface area contributed by atoms with E-state index in [9.17, 15) is 13.2 Å². The smallest absolute Gasteiger partial charge is 0.324 e. The van der Waals surface area contributed by atoms with Gasteiger partial charge in [-0.05, 0) is 12.0 Å². The monoisotopic (exact) mass is 261 g/mol. The number of esters is 1. The number of ether oxygens (including phenoxy) is 1. The molecule has 2 N–H and O–H groups in total. The van der Waals surface area contributed by atoms with Crippen molar-refractivity contribution in [2.24, 2.45) is 5.92 Å². The first-order valence-corrected chi connectivity index (χ1v) is 6.46. The number of hydrogen-bond donors (Lipinski definition) is 2. The molecule has 0 fully saturated rings. The molecular weight excluding hydrogens is 246 g/mol. The molecule has 0 aliphatic heterocycles. The first-order chi connectivity index (χ1) is 7.88. The van der Waals surface area contributed by atoms with E-state index in [-0.39, 0.29) is 10.9 Å². The van der Waals surface area contributed by atoms with Crippen LogP contribution in [0, 0.1) is 5.92 Å². The number of sulfonamides is 1. The lowest BCUT2D eigenvalue weighted by molar-refractivity contribution is -0.143. The standard InChI is InChI=1S/C9H15N3O4S/c1-6(2)8(9(13)16-3)12-17(14,15)7-4-5-10-11-7/h4-6,8,12H,1-3H3,(H,10,11). The van der Waals surface area contributed by atoms with Crippen LogP contribution < -0.4 is 4.72 Å². The number of nitrogens with zero attached hydrogens (tertiary/aromatic N) is 1. The number of aromatic amines is 1. The van der Waals surface area contributed by atoms with Gasteiger partial charge in [-0.2, -0.15) is 9.82 Å². The van der Waals surface area contributed by atoms with Crippen molar-refractivity contribution in [3.05, 3.63) is 12.3 Å². The van der Waals surface area contributed by atoms with Crippen LogP contribution in [-0.4, -0.2) is 37.7 Å². The number of methoxy groups -OCH3 is 1. The summed E-state index contributed by atoms with van der Waals surface area (Å²) >= 11 is 0. The summed E-state index contributed by atoms with van der Waals surface area (Å²) in [6, 6.07) is 0.380. The van der Waals surface area contributed by atoms with Crippen molar-refractivity contribution in [3.63, 3.8) is 0 Å². The Kier molecular flexibility index (Phi) is 4.24. The van der Waals surface area contributed by atoms with Crippen molar-refractivity contribution in [1.29, 1.82) is 0 Å². The minimum atomic E-state index is -3.79. The molecule has 1 rings (SSSR count). The first-order valence-electron chi connectivity index (χ1n) is 4.98. The minimum Gasteiger partial charge on any atom is -0.468 e. The third kappa shape index (κ3) is 3.27. The number of H-pyrrole nitrogens is 1. The first kappa shape index (κ1) is 13.7. The zero-order chi connectivity index (χ0) is 13.1. The Balaban J connectivity index is 2.92. The van der Waals surface area contributed by atoms with Gasteiger partial charge in [0, 0.05) is 0 Å². The lowest BCUT2D eigenvalue weighted by atomic mass is 10.1. The molecule has 0 bridgehead atoms. The second kappa shape index (κ2) is 5.28. The maximum absolute atomic E-state index is 11.8. The molecule has 0 spiro atoms. The van der Waals surface area contributed by atoms with E-state index in [2.05, 4.69) is 19.7 Å². The number of carbonyl (C=O) groups excluding carboxylic acids is 1. The van der Waals surface area contributed by atoms with E-state index in [1.807, 2.05) is 0 Å². The molecule has 1 aromatic heterocycles. The molecule has 1 heterocycles. The van der Waals surface area contributed by atoms with Crippen molar-refractivity contribution < 1.29 is 17.9 Å². The van der Waals surface area contributed by atoms with Gasteiger partial charge in [0.15, 0.2) is 5.03 Å². The molecule has 0 aliphatic rings. The molecule has 0 amide bonds. The van der Waals surface area contributed by atoms with E-state index >= 15 is 0 Å². The molecule has 0 aromatic carbocycles. The highest BCUT2D eigenvalue weighted by Crippen LogP contribution is 2.09. The summed E-state index contributed by atoms with van der Waals surface area (Å²) in [6.07, 6.45) is 1.32. The maximum Gasteiger partial charge on any atom is 0.324 e. The number of hydrogen-bond acceptors (Lipinski definition) is 5. The van der Waals surface area contributed by atoms with Gasteiger partial charge in [0.05, 0.1) is 13.3 Å². The summed E-state index contributed by atoms with van der Waals surface area (Å²) in [5.41, 5.74) is 0. The van der Waals surface area contributed by atoms with E-state index in [0.29, 0.717) is 0 Å². The SMILES string of the molecule is COC(=O)C(NS(=O)(=O)c1ccn[nH]1)C(C)C. The van der Waals surface area contributed by atoms with Crippen LogP contribution in [0.1, 0.15) is 13.8 Å². The molecule has 0 radical (unpaired) electrons. The van der Waals surface area contributed by atoms with E-state index < -0.39 is 22.0 Å². The highest BCUT2D eigenvalue weighted by atomic mass is 32.2. The zero-order valence-electron chi connectivity index (χ0n) is 9.80. The van der Waals surface area contributed by atoms with Gasteiger partial charge in [0.1, 0.15) is 6.04 Å². The Labute approximate surface area is 99.6 Å². The molecule has 0 aliphatic carbocycles. The molecule has 8 heteroatoms. The summed E-state index contributed by atoms with van der Waals surface area (Å²) in [6.45, 7) is 3.44. The predicted octanol–water partition coefficient (Wildman–Crippen LogP) is -0.114. The van der Waals surface area contributed by atoms with E-state index in [4.69, 9.17) is 0 Å². The molecule has 0 saturated heterocycles. The summed E-state index contributed by atoms with van der Waals surface area (Å²) in [4.78, 5) is 11.4. The summed E-state index contributed by atoms with van der Waals surface area (Å²) in [5.74, 6) is -0.844. The van der Waals surface area contributed by atoms with Crippen molar-refractivity contribution in [2.45, 2.75) is 24.9 Å². The van der Waals surface area contributed by atoms with Gasteiger partial charge in [-0.1, -0.05) is 13.8 Å². The zero-order valence-corrected chi connectivity index (χ0v) is 10.6. The Hall–Kier alpha value is -1.41. The minimum absolute atomic E-state index is 0.0907. The number of aromatic nitrogens is 2. The molecule has 17 heavy (non-hydrogen) atoms. The van der Waals surface area contributed by atoms with Gasteiger partial charge in [-0.3, -0.25) is 9.89 Å². The van der Waals surface area contributed by atoms with Gasteiger partial charge in [0.2, 0.25) is 0 Å². The van der Waals surface area contributed by atoms with Gasteiger partial charge in [-0.25, -0.2) is 8.42 Å². The average molecular weight is 261 g/mol. The van der Waals surface area contributed by atoms with Crippen LogP contribution in [0.5, 0.6) is 0 Å². The third-order valence-corrected chi connectivity index (χ3v) is 3.54. The van der Waals surface area contributed by atoms with Crippen LogP contribution in [0.25, 0.3) is 0 Å². The van der Waals surface area contributed by atoms with Gasteiger partial charge < -0.3 is 4.74 Å². The largest absolute Gasteiger partial charge is 0.468 e. The van der Waals surface area contributed by atoms with Crippen molar-refractivity contribution in [2.75, 3.05) is 7.11 Å². The van der Waals surface area contributed by atoms with Crippen LogP contribution in [0.4, 0.5) is 0 Å². The number of rotatable bonds is 5. The third-order valence-electron chi connectivity index (χ3n) is 2.17. The molecule has 1 atom stereocenters.